The van der Waals surface area contributed by atoms with Gasteiger partial charge in [-0.2, -0.15) is 0 Å². The smallest absolute Gasteiger partial charge is 0.293 e. The van der Waals surface area contributed by atoms with Crippen molar-refractivity contribution in [3.63, 3.8) is 0 Å². The molecule has 2 heterocycles. The molecule has 140 valence electrons. The van der Waals surface area contributed by atoms with Gasteiger partial charge in [-0.15, -0.1) is 10.2 Å². The fourth-order valence-corrected chi connectivity index (χ4v) is 3.43. The molecule has 0 saturated carbocycles. The number of thioether (sulfide) groups is 1. The first-order valence-corrected chi connectivity index (χ1v) is 9.15. The summed E-state index contributed by atoms with van der Waals surface area (Å²) < 4.78 is 28.9. The first-order valence-electron chi connectivity index (χ1n) is 8.17. The van der Waals surface area contributed by atoms with E-state index in [0.717, 1.165) is 11.8 Å². The molecule has 0 fully saturated rings. The van der Waals surface area contributed by atoms with Crippen molar-refractivity contribution < 1.29 is 13.6 Å². The van der Waals surface area contributed by atoms with E-state index in [1.54, 1.807) is 6.20 Å². The Kier molecular flexibility index (Phi) is 4.74. The molecule has 0 aliphatic heterocycles. The van der Waals surface area contributed by atoms with Gasteiger partial charge in [-0.1, -0.05) is 11.8 Å². The highest BCUT2D eigenvalue weighted by Gasteiger charge is 2.14. The third-order valence-corrected chi connectivity index (χ3v) is 4.99. The summed E-state index contributed by atoms with van der Waals surface area (Å²) >= 11 is 1.12. The van der Waals surface area contributed by atoms with E-state index >= 15 is 0 Å². The molecule has 0 amide bonds. The van der Waals surface area contributed by atoms with Crippen molar-refractivity contribution >= 4 is 23.2 Å². The lowest BCUT2D eigenvalue weighted by molar-refractivity contribution is 0.102. The number of fused-ring (bicyclic) bond motifs is 1. The molecule has 28 heavy (non-hydrogen) atoms. The highest BCUT2D eigenvalue weighted by atomic mass is 32.2. The summed E-state index contributed by atoms with van der Waals surface area (Å²) in [6, 6.07) is 10.8. The SMILES string of the molecule is O=C(CSc1nnc2c(=O)n(-c3ccc(F)cc3)ccn12)c1ccc(F)cc1. The van der Waals surface area contributed by atoms with Crippen LogP contribution in [0.1, 0.15) is 10.4 Å². The Balaban J connectivity index is 1.58. The third-order valence-electron chi connectivity index (χ3n) is 4.04. The normalized spacial score (nSPS) is 11.1. The number of aromatic nitrogens is 4. The molecule has 6 nitrogen and oxygen atoms in total. The number of nitrogens with zero attached hydrogens (tertiary/aromatic N) is 4. The minimum absolute atomic E-state index is 0.0630. The van der Waals surface area contributed by atoms with Crippen LogP contribution in [0.25, 0.3) is 11.3 Å². The number of hydrogen-bond acceptors (Lipinski definition) is 5. The molecule has 0 atom stereocenters. The van der Waals surface area contributed by atoms with Crippen LogP contribution in [0.2, 0.25) is 0 Å². The van der Waals surface area contributed by atoms with Gasteiger partial charge in [0, 0.05) is 23.6 Å². The number of rotatable bonds is 5. The van der Waals surface area contributed by atoms with E-state index < -0.39 is 17.2 Å². The van der Waals surface area contributed by atoms with Crippen molar-refractivity contribution in [1.82, 2.24) is 19.2 Å². The molecule has 0 radical (unpaired) electrons. The molecule has 0 saturated heterocycles. The van der Waals surface area contributed by atoms with Crippen molar-refractivity contribution in [2.75, 3.05) is 5.75 Å². The highest BCUT2D eigenvalue weighted by molar-refractivity contribution is 7.99. The van der Waals surface area contributed by atoms with Crippen LogP contribution in [0.4, 0.5) is 8.78 Å². The Morgan fingerprint density at radius 3 is 2.25 bits per heavy atom. The predicted octanol–water partition coefficient (Wildman–Crippen LogP) is 3.13. The highest BCUT2D eigenvalue weighted by Crippen LogP contribution is 2.18. The number of benzene rings is 2. The lowest BCUT2D eigenvalue weighted by Gasteiger charge is -2.06. The van der Waals surface area contributed by atoms with Crippen LogP contribution in [0.15, 0.2) is 70.9 Å². The van der Waals surface area contributed by atoms with Crippen LogP contribution in [0.5, 0.6) is 0 Å². The summed E-state index contributed by atoms with van der Waals surface area (Å²) in [4.78, 5) is 24.9. The molecule has 4 aromatic rings. The molecule has 0 aliphatic rings. The summed E-state index contributed by atoms with van der Waals surface area (Å²) in [6.45, 7) is 0. The largest absolute Gasteiger partial charge is 0.300 e. The van der Waals surface area contributed by atoms with Crippen LogP contribution >= 0.6 is 11.8 Å². The molecular weight excluding hydrogens is 386 g/mol. The second-order valence-corrected chi connectivity index (χ2v) is 6.79. The first-order chi connectivity index (χ1) is 13.5. The number of carbonyl (C=O) groups is 1. The Labute approximate surface area is 161 Å². The maximum Gasteiger partial charge on any atom is 0.300 e. The Morgan fingerprint density at radius 2 is 1.57 bits per heavy atom. The van der Waals surface area contributed by atoms with Crippen molar-refractivity contribution in [3.05, 3.63) is 88.5 Å². The number of ketones is 1. The van der Waals surface area contributed by atoms with Crippen molar-refractivity contribution in [2.24, 2.45) is 0 Å². The maximum absolute atomic E-state index is 13.1. The van der Waals surface area contributed by atoms with Crippen LogP contribution < -0.4 is 5.56 Å². The summed E-state index contributed by atoms with van der Waals surface area (Å²) in [7, 11) is 0. The molecule has 2 aromatic carbocycles. The Bertz CT molecular complexity index is 1220. The van der Waals surface area contributed by atoms with Gasteiger partial charge < -0.3 is 0 Å². The summed E-state index contributed by atoms with van der Waals surface area (Å²) in [5.41, 5.74) is 0.556. The van der Waals surface area contributed by atoms with E-state index in [-0.39, 0.29) is 17.2 Å². The van der Waals surface area contributed by atoms with Crippen LogP contribution in [0, 0.1) is 11.6 Å². The third kappa shape index (κ3) is 3.44. The zero-order valence-electron chi connectivity index (χ0n) is 14.3. The first kappa shape index (κ1) is 18.1. The van der Waals surface area contributed by atoms with Crippen molar-refractivity contribution in [3.8, 4) is 5.69 Å². The van der Waals surface area contributed by atoms with E-state index in [2.05, 4.69) is 10.2 Å². The quantitative estimate of drug-likeness (QED) is 0.382. The molecule has 0 spiro atoms. The van der Waals surface area contributed by atoms with E-state index in [0.29, 0.717) is 16.4 Å². The van der Waals surface area contributed by atoms with Gasteiger partial charge in [-0.3, -0.25) is 18.6 Å². The van der Waals surface area contributed by atoms with Gasteiger partial charge in [0.05, 0.1) is 5.75 Å². The van der Waals surface area contributed by atoms with Gasteiger partial charge in [0.1, 0.15) is 11.6 Å². The molecule has 0 aliphatic carbocycles. The molecule has 4 rings (SSSR count). The van der Waals surface area contributed by atoms with Gasteiger partial charge >= 0.3 is 5.56 Å². The van der Waals surface area contributed by atoms with E-state index in [1.807, 2.05) is 0 Å². The number of hydrogen-bond donors (Lipinski definition) is 0. The molecule has 2 aromatic heterocycles. The second-order valence-electron chi connectivity index (χ2n) is 5.84. The average molecular weight is 398 g/mol. The Morgan fingerprint density at radius 1 is 0.929 bits per heavy atom. The lowest BCUT2D eigenvalue weighted by Crippen LogP contribution is -2.20. The van der Waals surface area contributed by atoms with E-state index in [1.165, 1.54) is 63.7 Å². The van der Waals surface area contributed by atoms with Gasteiger partial charge in [-0.05, 0) is 48.5 Å². The summed E-state index contributed by atoms with van der Waals surface area (Å²) in [5, 5.41) is 8.27. The molecule has 9 heteroatoms. The van der Waals surface area contributed by atoms with Crippen molar-refractivity contribution in [1.29, 1.82) is 0 Å². The van der Waals surface area contributed by atoms with Gasteiger partial charge in [0.15, 0.2) is 10.9 Å². The molecular formula is C19H12F2N4O2S. The maximum atomic E-state index is 13.1. The van der Waals surface area contributed by atoms with Gasteiger partial charge in [0.2, 0.25) is 5.65 Å². The molecule has 0 unspecified atom stereocenters. The van der Waals surface area contributed by atoms with Gasteiger partial charge in [0.25, 0.3) is 0 Å². The topological polar surface area (TPSA) is 69.3 Å². The number of carbonyl (C=O) groups excluding carboxylic acids is 1. The van der Waals surface area contributed by atoms with E-state index in [9.17, 15) is 18.4 Å². The molecule has 0 N–H and O–H groups in total. The minimum Gasteiger partial charge on any atom is -0.293 e. The predicted molar refractivity (Wildman–Crippen MR) is 100.0 cm³/mol. The van der Waals surface area contributed by atoms with Crippen molar-refractivity contribution in [2.45, 2.75) is 5.16 Å². The average Bonchev–Trinajstić information content (AvgIpc) is 3.12. The summed E-state index contributed by atoms with van der Waals surface area (Å²) in [5.74, 6) is -0.940. The number of Topliss-reactive ketones (excluding diaryl/α,β-unsaturated/α-hetero) is 1. The summed E-state index contributed by atoms with van der Waals surface area (Å²) in [6.07, 6.45) is 3.13. The molecule has 0 bridgehead atoms. The minimum atomic E-state index is -0.418. The number of halogens is 2. The fraction of sp³-hybridized carbons (Fsp3) is 0.0526. The van der Waals surface area contributed by atoms with Crippen LogP contribution in [0.3, 0.4) is 0 Å². The standard InChI is InChI=1S/C19H12F2N4O2S/c20-13-3-1-12(2-4-13)16(26)11-28-19-23-22-17-18(27)24(9-10-25(17)19)15-7-5-14(21)6-8-15/h1-10H,11H2. The van der Waals surface area contributed by atoms with E-state index in [4.69, 9.17) is 0 Å². The van der Waals surface area contributed by atoms with Crippen LogP contribution in [-0.2, 0) is 0 Å². The lowest BCUT2D eigenvalue weighted by atomic mass is 10.1. The Hall–Kier alpha value is -3.33. The zero-order chi connectivity index (χ0) is 19.7. The fourth-order valence-electron chi connectivity index (χ4n) is 2.62. The van der Waals surface area contributed by atoms with Gasteiger partial charge in [-0.25, -0.2) is 8.78 Å². The zero-order valence-corrected chi connectivity index (χ0v) is 15.1. The second kappa shape index (κ2) is 7.35. The monoisotopic (exact) mass is 398 g/mol. The van der Waals surface area contributed by atoms with Crippen LogP contribution in [-0.4, -0.2) is 30.7 Å².